The van der Waals surface area contributed by atoms with Gasteiger partial charge in [-0.2, -0.15) is 0 Å². The van der Waals surface area contributed by atoms with Crippen LogP contribution in [0.25, 0.3) is 10.9 Å². The molecule has 0 bridgehead atoms. The zero-order valence-corrected chi connectivity index (χ0v) is 17.3. The molecule has 154 valence electrons. The Bertz CT molecular complexity index is 1080. The third-order valence-corrected chi connectivity index (χ3v) is 5.25. The van der Waals surface area contributed by atoms with E-state index in [0.29, 0.717) is 22.8 Å². The molecule has 30 heavy (non-hydrogen) atoms. The summed E-state index contributed by atoms with van der Waals surface area (Å²) in [6, 6.07) is 16.3. The first-order valence-electron chi connectivity index (χ1n) is 9.69. The van der Waals surface area contributed by atoms with Gasteiger partial charge in [0.1, 0.15) is 10.9 Å². The van der Waals surface area contributed by atoms with Gasteiger partial charge in [-0.05, 0) is 60.9 Å². The summed E-state index contributed by atoms with van der Waals surface area (Å²) in [6.45, 7) is 0.190. The average molecular weight is 425 g/mol. The highest BCUT2D eigenvalue weighted by Gasteiger charge is 2.33. The van der Waals surface area contributed by atoms with Crippen molar-refractivity contribution in [3.63, 3.8) is 0 Å². The van der Waals surface area contributed by atoms with Crippen LogP contribution in [0.2, 0.25) is 5.15 Å². The molecule has 0 atom stereocenters. The number of methoxy groups -OCH3 is 1. The van der Waals surface area contributed by atoms with Gasteiger partial charge in [-0.1, -0.05) is 23.7 Å². The Morgan fingerprint density at radius 3 is 2.57 bits per heavy atom. The number of hydrogen-bond acceptors (Lipinski definition) is 5. The molecule has 1 saturated carbocycles. The smallest absolute Gasteiger partial charge is 0.338 e. The molecule has 0 saturated heterocycles. The molecular formula is C23H21ClN2O4. The van der Waals surface area contributed by atoms with Gasteiger partial charge in [-0.25, -0.2) is 9.78 Å². The molecule has 1 aromatic heterocycles. The molecule has 0 N–H and O–H groups in total. The number of halogens is 1. The van der Waals surface area contributed by atoms with Crippen LogP contribution < -0.4 is 4.74 Å². The lowest BCUT2D eigenvalue weighted by molar-refractivity contribution is -0.135. The summed E-state index contributed by atoms with van der Waals surface area (Å²) in [7, 11) is 1.62. The Kier molecular flexibility index (Phi) is 5.86. The molecule has 0 spiro atoms. The Balaban J connectivity index is 1.39. The van der Waals surface area contributed by atoms with Gasteiger partial charge in [0.15, 0.2) is 6.61 Å². The Labute approximate surface area is 179 Å². The molecule has 1 aliphatic carbocycles. The minimum atomic E-state index is -0.541. The first kappa shape index (κ1) is 20.2. The number of benzene rings is 2. The van der Waals surface area contributed by atoms with Crippen LogP contribution in [0, 0.1) is 0 Å². The second-order valence-corrected chi connectivity index (χ2v) is 7.61. The van der Waals surface area contributed by atoms with E-state index in [-0.39, 0.29) is 18.6 Å². The lowest BCUT2D eigenvalue weighted by Gasteiger charge is -2.22. The van der Waals surface area contributed by atoms with Crippen molar-refractivity contribution in [1.29, 1.82) is 0 Å². The van der Waals surface area contributed by atoms with Crippen molar-refractivity contribution in [2.24, 2.45) is 0 Å². The fraction of sp³-hybridized carbons (Fsp3) is 0.261. The van der Waals surface area contributed by atoms with Crippen molar-refractivity contribution in [3.05, 3.63) is 70.9 Å². The summed E-state index contributed by atoms with van der Waals surface area (Å²) in [5, 5.41) is 1.17. The first-order chi connectivity index (χ1) is 14.5. The van der Waals surface area contributed by atoms with Crippen molar-refractivity contribution in [2.45, 2.75) is 25.4 Å². The van der Waals surface area contributed by atoms with Gasteiger partial charge in [-0.3, -0.25) is 4.79 Å². The number of esters is 1. The third kappa shape index (κ3) is 4.71. The summed E-state index contributed by atoms with van der Waals surface area (Å²) in [5.74, 6) is 0.0288. The number of pyridine rings is 1. The zero-order valence-electron chi connectivity index (χ0n) is 16.5. The van der Waals surface area contributed by atoms with Crippen LogP contribution in [0.1, 0.15) is 28.8 Å². The van der Waals surface area contributed by atoms with E-state index in [9.17, 15) is 9.59 Å². The normalized spacial score (nSPS) is 13.1. The van der Waals surface area contributed by atoms with Gasteiger partial charge < -0.3 is 14.4 Å². The maximum Gasteiger partial charge on any atom is 0.338 e. The van der Waals surface area contributed by atoms with Gasteiger partial charge in [0.05, 0.1) is 18.2 Å². The van der Waals surface area contributed by atoms with Crippen molar-refractivity contribution >= 4 is 34.4 Å². The van der Waals surface area contributed by atoms with E-state index in [1.807, 2.05) is 24.3 Å². The predicted molar refractivity (Wildman–Crippen MR) is 114 cm³/mol. The lowest BCUT2D eigenvalue weighted by atomic mass is 10.1. The Morgan fingerprint density at radius 2 is 1.87 bits per heavy atom. The first-order valence-corrected chi connectivity index (χ1v) is 10.1. The van der Waals surface area contributed by atoms with Crippen LogP contribution >= 0.6 is 11.6 Å². The maximum absolute atomic E-state index is 12.7. The van der Waals surface area contributed by atoms with Crippen LogP contribution in [0.5, 0.6) is 5.75 Å². The molecule has 7 heteroatoms. The van der Waals surface area contributed by atoms with Crippen molar-refractivity contribution < 1.29 is 19.1 Å². The monoisotopic (exact) mass is 424 g/mol. The molecule has 0 radical (unpaired) electrons. The number of amides is 1. The molecule has 2 aromatic carbocycles. The number of carbonyl (C=O) groups is 2. The van der Waals surface area contributed by atoms with E-state index in [1.165, 1.54) is 0 Å². The molecule has 3 aromatic rings. The molecule has 1 heterocycles. The second-order valence-electron chi connectivity index (χ2n) is 7.22. The Morgan fingerprint density at radius 1 is 1.10 bits per heavy atom. The molecule has 1 aliphatic rings. The quantitative estimate of drug-likeness (QED) is 0.419. The van der Waals surface area contributed by atoms with Crippen LogP contribution in [0.3, 0.4) is 0 Å². The molecule has 0 unspecified atom stereocenters. The van der Waals surface area contributed by atoms with Crippen molar-refractivity contribution in [1.82, 2.24) is 9.88 Å². The number of carbonyl (C=O) groups excluding carboxylic acids is 2. The third-order valence-electron chi connectivity index (χ3n) is 5.04. The van der Waals surface area contributed by atoms with E-state index in [0.717, 1.165) is 29.5 Å². The SMILES string of the molecule is COc1ccc(CN(C(=O)COC(=O)c2ccc3nc(Cl)ccc3c2)C2CC2)cc1. The number of fused-ring (bicyclic) bond motifs is 1. The highest BCUT2D eigenvalue weighted by Crippen LogP contribution is 2.29. The topological polar surface area (TPSA) is 68.7 Å². The summed E-state index contributed by atoms with van der Waals surface area (Å²) >= 11 is 5.89. The van der Waals surface area contributed by atoms with Crippen LogP contribution in [0.15, 0.2) is 54.6 Å². The van der Waals surface area contributed by atoms with Gasteiger partial charge >= 0.3 is 5.97 Å². The van der Waals surface area contributed by atoms with Gasteiger partial charge in [0, 0.05) is 18.0 Å². The summed E-state index contributed by atoms with van der Waals surface area (Å²) < 4.78 is 10.5. The highest BCUT2D eigenvalue weighted by molar-refractivity contribution is 6.29. The van der Waals surface area contributed by atoms with Gasteiger partial charge in [0.25, 0.3) is 5.91 Å². The molecule has 6 nitrogen and oxygen atoms in total. The number of rotatable bonds is 7. The largest absolute Gasteiger partial charge is 0.497 e. The standard InChI is InChI=1S/C23H21ClN2O4/c1-29-19-8-2-15(3-9-19)13-26(18-6-7-18)22(27)14-30-23(28)17-4-10-20-16(12-17)5-11-21(24)25-20/h2-5,8-12,18H,6-7,13-14H2,1H3. The fourth-order valence-electron chi connectivity index (χ4n) is 3.26. The van der Waals surface area contributed by atoms with Crippen LogP contribution in [0.4, 0.5) is 0 Å². The number of hydrogen-bond donors (Lipinski definition) is 0. The fourth-order valence-corrected chi connectivity index (χ4v) is 3.41. The second kappa shape index (κ2) is 8.71. The number of aromatic nitrogens is 1. The van der Waals surface area contributed by atoms with Crippen molar-refractivity contribution in [3.8, 4) is 5.75 Å². The van der Waals surface area contributed by atoms with E-state index < -0.39 is 5.97 Å². The van der Waals surface area contributed by atoms with Gasteiger partial charge in [-0.15, -0.1) is 0 Å². The highest BCUT2D eigenvalue weighted by atomic mass is 35.5. The van der Waals surface area contributed by atoms with Crippen LogP contribution in [-0.2, 0) is 16.1 Å². The van der Waals surface area contributed by atoms with E-state index in [4.69, 9.17) is 21.1 Å². The number of ether oxygens (including phenoxy) is 2. The molecule has 4 rings (SSSR count). The van der Waals surface area contributed by atoms with Crippen LogP contribution in [-0.4, -0.2) is 41.5 Å². The lowest BCUT2D eigenvalue weighted by Crippen LogP contribution is -2.36. The van der Waals surface area contributed by atoms with E-state index in [1.54, 1.807) is 42.3 Å². The maximum atomic E-state index is 12.7. The molecule has 0 aliphatic heterocycles. The molecular weight excluding hydrogens is 404 g/mol. The van der Waals surface area contributed by atoms with Crippen molar-refractivity contribution in [2.75, 3.05) is 13.7 Å². The van der Waals surface area contributed by atoms with E-state index in [2.05, 4.69) is 4.98 Å². The molecule has 1 fully saturated rings. The number of nitrogens with zero attached hydrogens (tertiary/aromatic N) is 2. The Hall–Kier alpha value is -3.12. The van der Waals surface area contributed by atoms with Gasteiger partial charge in [0.2, 0.25) is 0 Å². The minimum Gasteiger partial charge on any atom is -0.497 e. The average Bonchev–Trinajstić information content (AvgIpc) is 3.60. The minimum absolute atomic E-state index is 0.198. The summed E-state index contributed by atoms with van der Waals surface area (Å²) in [4.78, 5) is 31.2. The zero-order chi connectivity index (χ0) is 21.1. The molecule has 1 amide bonds. The van der Waals surface area contributed by atoms with E-state index >= 15 is 0 Å². The summed E-state index contributed by atoms with van der Waals surface area (Å²) in [6.07, 6.45) is 1.94. The summed E-state index contributed by atoms with van der Waals surface area (Å²) in [5.41, 5.74) is 2.06. The predicted octanol–water partition coefficient (Wildman–Crippen LogP) is 4.24.